The number of amides is 1. The third-order valence-corrected chi connectivity index (χ3v) is 8.73. The summed E-state index contributed by atoms with van der Waals surface area (Å²) in [6.07, 6.45) is 4.18. The molecule has 196 valence electrons. The number of carbonyl (C=O) groups is 1. The van der Waals surface area contributed by atoms with Crippen LogP contribution in [-0.2, 0) is 13.6 Å². The number of hydrogen-bond acceptors (Lipinski definition) is 5. The van der Waals surface area contributed by atoms with E-state index in [1.54, 1.807) is 0 Å². The highest BCUT2D eigenvalue weighted by molar-refractivity contribution is 5.93. The normalized spacial score (nSPS) is 21.6. The second-order valence-corrected chi connectivity index (χ2v) is 10.7. The van der Waals surface area contributed by atoms with E-state index in [9.17, 15) is 4.79 Å². The van der Waals surface area contributed by atoms with E-state index in [0.29, 0.717) is 25.2 Å². The Morgan fingerprint density at radius 3 is 2.39 bits per heavy atom. The van der Waals surface area contributed by atoms with Crippen molar-refractivity contribution in [1.82, 2.24) is 19.4 Å². The minimum Gasteiger partial charge on any atom is -0.377 e. The van der Waals surface area contributed by atoms with Crippen molar-refractivity contribution in [2.75, 3.05) is 49.1 Å². The van der Waals surface area contributed by atoms with E-state index in [1.807, 2.05) is 54.5 Å². The fourth-order valence-electron chi connectivity index (χ4n) is 6.44. The standard InChI is InChI=1S/C30H35N7O/c1-22-23(19-37-24-11-12-25(37)21-36(20-24)27-9-5-4-8-26(27)31-2)18-28(33(22)3)30(38)35-16-14-34(15-17-35)29-10-6-7-13-32-29/h4-10,13,18,24-25H,11-12,14-17,19-21H2,1,3H3. The molecule has 8 heteroatoms. The predicted octanol–water partition coefficient (Wildman–Crippen LogP) is 4.09. The summed E-state index contributed by atoms with van der Waals surface area (Å²) in [4.78, 5) is 31.0. The smallest absolute Gasteiger partial charge is 0.270 e. The number of pyridine rings is 1. The Hall–Kier alpha value is -3.83. The van der Waals surface area contributed by atoms with Crippen molar-refractivity contribution in [3.63, 3.8) is 0 Å². The molecule has 0 aliphatic carbocycles. The lowest BCUT2D eigenvalue weighted by Gasteiger charge is -2.42. The van der Waals surface area contributed by atoms with Crippen molar-refractivity contribution in [2.45, 2.75) is 38.4 Å². The van der Waals surface area contributed by atoms with Crippen LogP contribution in [0.4, 0.5) is 17.2 Å². The summed E-state index contributed by atoms with van der Waals surface area (Å²) in [5, 5.41) is 0. The summed E-state index contributed by atoms with van der Waals surface area (Å²) < 4.78 is 2.08. The molecule has 0 spiro atoms. The third kappa shape index (κ3) is 4.41. The Morgan fingerprint density at radius 2 is 1.71 bits per heavy atom. The van der Waals surface area contributed by atoms with E-state index in [1.165, 1.54) is 24.1 Å². The van der Waals surface area contributed by atoms with Gasteiger partial charge in [0.15, 0.2) is 0 Å². The lowest BCUT2D eigenvalue weighted by molar-refractivity contribution is 0.0736. The van der Waals surface area contributed by atoms with E-state index in [-0.39, 0.29) is 5.91 Å². The fraction of sp³-hybridized carbons (Fsp3) is 0.433. The maximum absolute atomic E-state index is 13.5. The van der Waals surface area contributed by atoms with Crippen LogP contribution >= 0.6 is 0 Å². The molecule has 6 rings (SSSR count). The quantitative estimate of drug-likeness (QED) is 0.485. The topological polar surface area (TPSA) is 52.2 Å². The van der Waals surface area contributed by atoms with Gasteiger partial charge in [-0.1, -0.05) is 24.3 Å². The highest BCUT2D eigenvalue weighted by Gasteiger charge is 2.40. The molecule has 3 aliphatic rings. The number of rotatable bonds is 5. The highest BCUT2D eigenvalue weighted by atomic mass is 16.2. The predicted molar refractivity (Wildman–Crippen MR) is 150 cm³/mol. The Balaban J connectivity index is 1.13. The summed E-state index contributed by atoms with van der Waals surface area (Å²) >= 11 is 0. The Labute approximate surface area is 224 Å². The number of para-hydroxylation sites is 2. The molecule has 38 heavy (non-hydrogen) atoms. The van der Waals surface area contributed by atoms with Gasteiger partial charge in [0.2, 0.25) is 5.69 Å². The molecule has 3 aliphatic heterocycles. The number of carbonyl (C=O) groups excluding carboxylic acids is 1. The first-order valence-electron chi connectivity index (χ1n) is 13.6. The van der Waals surface area contributed by atoms with Crippen LogP contribution in [0.25, 0.3) is 4.85 Å². The fourth-order valence-corrected chi connectivity index (χ4v) is 6.44. The van der Waals surface area contributed by atoms with Gasteiger partial charge in [0.1, 0.15) is 11.5 Å². The molecule has 0 radical (unpaired) electrons. The van der Waals surface area contributed by atoms with Crippen molar-refractivity contribution in [2.24, 2.45) is 7.05 Å². The average Bonchev–Trinajstić information content (AvgIpc) is 3.37. The van der Waals surface area contributed by atoms with Crippen LogP contribution in [0, 0.1) is 13.5 Å². The highest BCUT2D eigenvalue weighted by Crippen LogP contribution is 2.37. The first-order chi connectivity index (χ1) is 18.5. The van der Waals surface area contributed by atoms with Gasteiger partial charge in [0.25, 0.3) is 5.91 Å². The molecule has 5 heterocycles. The van der Waals surface area contributed by atoms with Gasteiger partial charge in [0, 0.05) is 82.5 Å². The van der Waals surface area contributed by atoms with Crippen LogP contribution in [0.5, 0.6) is 0 Å². The maximum atomic E-state index is 13.5. The van der Waals surface area contributed by atoms with E-state index >= 15 is 0 Å². The Bertz CT molecular complexity index is 1340. The first-order valence-corrected chi connectivity index (χ1v) is 13.6. The number of nitrogens with zero attached hydrogens (tertiary/aromatic N) is 7. The summed E-state index contributed by atoms with van der Waals surface area (Å²) in [7, 11) is 2.02. The second-order valence-electron chi connectivity index (χ2n) is 10.7. The zero-order valence-corrected chi connectivity index (χ0v) is 22.3. The van der Waals surface area contributed by atoms with Gasteiger partial charge in [0.05, 0.1) is 6.57 Å². The molecule has 2 unspecified atom stereocenters. The summed E-state index contributed by atoms with van der Waals surface area (Å²) in [5.74, 6) is 1.09. The number of fused-ring (bicyclic) bond motifs is 2. The van der Waals surface area contributed by atoms with Gasteiger partial charge in [-0.05, 0) is 49.6 Å². The third-order valence-electron chi connectivity index (χ3n) is 8.73. The number of benzene rings is 1. The Kier molecular flexibility index (Phi) is 6.54. The van der Waals surface area contributed by atoms with Gasteiger partial charge < -0.3 is 19.3 Å². The van der Waals surface area contributed by atoms with E-state index in [0.717, 1.165) is 55.6 Å². The molecule has 3 aromatic rings. The van der Waals surface area contributed by atoms with E-state index in [2.05, 4.69) is 48.2 Å². The van der Waals surface area contributed by atoms with Crippen molar-refractivity contribution in [3.8, 4) is 0 Å². The van der Waals surface area contributed by atoms with Gasteiger partial charge in [-0.15, -0.1) is 0 Å². The van der Waals surface area contributed by atoms with Crippen LogP contribution in [0.2, 0.25) is 0 Å². The van der Waals surface area contributed by atoms with Crippen LogP contribution in [0.15, 0.2) is 54.7 Å². The number of piperazine rings is 2. The van der Waals surface area contributed by atoms with Crippen LogP contribution in [0.1, 0.15) is 34.6 Å². The SMILES string of the molecule is [C-]#[N+]c1ccccc1N1CC2CCC(C1)N2Cc1cc(C(=O)N2CCN(c3ccccn3)CC2)n(C)c1C. The van der Waals surface area contributed by atoms with Crippen molar-refractivity contribution in [1.29, 1.82) is 0 Å². The van der Waals surface area contributed by atoms with Gasteiger partial charge in [-0.3, -0.25) is 9.69 Å². The van der Waals surface area contributed by atoms with Crippen LogP contribution in [-0.4, -0.2) is 76.6 Å². The molecule has 8 nitrogen and oxygen atoms in total. The first kappa shape index (κ1) is 24.5. The molecular weight excluding hydrogens is 474 g/mol. The molecule has 0 N–H and O–H groups in total. The average molecular weight is 510 g/mol. The van der Waals surface area contributed by atoms with Crippen LogP contribution < -0.4 is 9.80 Å². The maximum Gasteiger partial charge on any atom is 0.270 e. The minimum atomic E-state index is 0.117. The molecule has 2 aromatic heterocycles. The minimum absolute atomic E-state index is 0.117. The molecule has 2 atom stereocenters. The summed E-state index contributed by atoms with van der Waals surface area (Å²) in [5.41, 5.74) is 4.99. The zero-order chi connectivity index (χ0) is 26.2. The molecule has 2 bridgehead atoms. The molecule has 3 fully saturated rings. The van der Waals surface area contributed by atoms with E-state index in [4.69, 9.17) is 6.57 Å². The van der Waals surface area contributed by atoms with Gasteiger partial charge in [-0.25, -0.2) is 9.83 Å². The second kappa shape index (κ2) is 10.1. The van der Waals surface area contributed by atoms with Crippen molar-refractivity contribution in [3.05, 3.63) is 83.1 Å². The monoisotopic (exact) mass is 509 g/mol. The number of anilines is 2. The van der Waals surface area contributed by atoms with Crippen molar-refractivity contribution >= 4 is 23.1 Å². The molecule has 1 aromatic carbocycles. The zero-order valence-electron chi connectivity index (χ0n) is 22.3. The summed E-state index contributed by atoms with van der Waals surface area (Å²) in [6.45, 7) is 15.4. The largest absolute Gasteiger partial charge is 0.377 e. The summed E-state index contributed by atoms with van der Waals surface area (Å²) in [6, 6.07) is 17.0. The van der Waals surface area contributed by atoms with Crippen molar-refractivity contribution < 1.29 is 4.79 Å². The van der Waals surface area contributed by atoms with Gasteiger partial charge in [-0.2, -0.15) is 0 Å². The van der Waals surface area contributed by atoms with Crippen LogP contribution in [0.3, 0.4) is 0 Å². The molecule has 3 saturated heterocycles. The molecule has 1 amide bonds. The van der Waals surface area contributed by atoms with Gasteiger partial charge >= 0.3 is 0 Å². The Morgan fingerprint density at radius 1 is 1.00 bits per heavy atom. The number of hydrogen-bond donors (Lipinski definition) is 0. The van der Waals surface area contributed by atoms with E-state index < -0.39 is 0 Å². The lowest BCUT2D eigenvalue weighted by atomic mass is 10.1. The molecule has 0 saturated carbocycles. The number of aromatic nitrogens is 2. The lowest BCUT2D eigenvalue weighted by Crippen LogP contribution is -2.53. The molecular formula is C30H35N7O.